The number of benzene rings is 2. The van der Waals surface area contributed by atoms with E-state index < -0.39 is 0 Å². The lowest BCUT2D eigenvalue weighted by molar-refractivity contribution is 0.497. The Kier molecular flexibility index (Phi) is 3.61. The van der Waals surface area contributed by atoms with Gasteiger partial charge in [-0.3, -0.25) is 0 Å². The summed E-state index contributed by atoms with van der Waals surface area (Å²) in [5, 5.41) is 2.39. The third-order valence-corrected chi connectivity index (χ3v) is 5.87. The van der Waals surface area contributed by atoms with Crippen LogP contribution < -0.4 is 0 Å². The monoisotopic (exact) mass is 301 g/mol. The van der Waals surface area contributed by atoms with Crippen molar-refractivity contribution in [1.29, 1.82) is 0 Å². The molecule has 0 bridgehead atoms. The predicted molar refractivity (Wildman–Crippen MR) is 89.1 cm³/mol. The second-order valence-electron chi connectivity index (χ2n) is 5.49. The molecule has 1 aliphatic heterocycles. The van der Waals surface area contributed by atoms with E-state index in [0.29, 0.717) is 5.25 Å². The van der Waals surface area contributed by atoms with Crippen LogP contribution in [0.4, 0.5) is 5.69 Å². The Hall–Kier alpha value is -1.25. The van der Waals surface area contributed by atoms with Gasteiger partial charge in [-0.05, 0) is 23.8 Å². The molecule has 1 atom stereocenters. The molecule has 3 heteroatoms. The van der Waals surface area contributed by atoms with Crippen LogP contribution in [-0.4, -0.2) is 5.04 Å². The van der Waals surface area contributed by atoms with E-state index in [2.05, 4.69) is 19.9 Å². The maximum absolute atomic E-state index is 6.31. The van der Waals surface area contributed by atoms with Crippen molar-refractivity contribution < 1.29 is 0 Å². The lowest BCUT2D eigenvalue weighted by Crippen LogP contribution is -2.38. The molecule has 2 aromatic rings. The number of hydrogen-bond acceptors (Lipinski definition) is 2. The average Bonchev–Trinajstić information content (AvgIpc) is 2.45. The standard InChI is InChI=1S/C17H16ClNS/c1-17(2)15(13-10-6-7-11-14(13)18)20-16(17)19-12-8-4-3-5-9-12/h3-11,15H,1-2H3. The zero-order valence-corrected chi connectivity index (χ0v) is 13.1. The molecule has 0 spiro atoms. The fraction of sp³-hybridized carbons (Fsp3) is 0.235. The van der Waals surface area contributed by atoms with E-state index in [-0.39, 0.29) is 5.41 Å². The topological polar surface area (TPSA) is 12.4 Å². The van der Waals surface area contributed by atoms with Gasteiger partial charge in [-0.1, -0.05) is 61.8 Å². The number of para-hydroxylation sites is 1. The molecule has 1 unspecified atom stereocenters. The largest absolute Gasteiger partial charge is 0.246 e. The maximum atomic E-state index is 6.31. The lowest BCUT2D eigenvalue weighted by Gasteiger charge is -2.45. The molecule has 0 amide bonds. The second-order valence-corrected chi connectivity index (χ2v) is 6.99. The van der Waals surface area contributed by atoms with Gasteiger partial charge in [0, 0.05) is 15.7 Å². The number of aliphatic imine (C=N–C) groups is 1. The van der Waals surface area contributed by atoms with Crippen LogP contribution in [0.3, 0.4) is 0 Å². The Morgan fingerprint density at radius 1 is 1.00 bits per heavy atom. The van der Waals surface area contributed by atoms with E-state index in [4.69, 9.17) is 16.6 Å². The van der Waals surface area contributed by atoms with Crippen molar-refractivity contribution in [3.8, 4) is 0 Å². The summed E-state index contributed by atoms with van der Waals surface area (Å²) < 4.78 is 0. The van der Waals surface area contributed by atoms with E-state index in [1.54, 1.807) is 0 Å². The molecule has 0 aromatic heterocycles. The highest BCUT2D eigenvalue weighted by atomic mass is 35.5. The molecule has 20 heavy (non-hydrogen) atoms. The van der Waals surface area contributed by atoms with Gasteiger partial charge in [0.2, 0.25) is 0 Å². The Balaban J connectivity index is 1.88. The summed E-state index contributed by atoms with van der Waals surface area (Å²) in [4.78, 5) is 4.76. The van der Waals surface area contributed by atoms with E-state index in [1.165, 1.54) is 10.6 Å². The summed E-state index contributed by atoms with van der Waals surface area (Å²) >= 11 is 8.12. The Labute approximate surface area is 129 Å². The first-order valence-corrected chi connectivity index (χ1v) is 7.90. The molecule has 3 rings (SSSR count). The molecule has 1 aliphatic rings. The van der Waals surface area contributed by atoms with Gasteiger partial charge in [0.15, 0.2) is 0 Å². The van der Waals surface area contributed by atoms with E-state index in [0.717, 1.165) is 10.7 Å². The molecule has 1 nitrogen and oxygen atoms in total. The summed E-state index contributed by atoms with van der Waals surface area (Å²) in [6, 6.07) is 18.2. The van der Waals surface area contributed by atoms with Crippen molar-refractivity contribution in [1.82, 2.24) is 0 Å². The number of thioether (sulfide) groups is 1. The fourth-order valence-corrected chi connectivity index (χ4v) is 4.06. The average molecular weight is 302 g/mol. The molecule has 102 valence electrons. The molecular weight excluding hydrogens is 286 g/mol. The quantitative estimate of drug-likeness (QED) is 0.674. The molecular formula is C17H16ClNS. The van der Waals surface area contributed by atoms with Crippen molar-refractivity contribution >= 4 is 34.1 Å². The summed E-state index contributed by atoms with van der Waals surface area (Å²) in [5.74, 6) is 0. The molecule has 0 aliphatic carbocycles. The zero-order chi connectivity index (χ0) is 14.2. The summed E-state index contributed by atoms with van der Waals surface area (Å²) in [5.41, 5.74) is 2.25. The molecule has 1 fully saturated rings. The minimum absolute atomic E-state index is 0.0332. The first kappa shape index (κ1) is 13.7. The van der Waals surface area contributed by atoms with Crippen LogP contribution in [0.2, 0.25) is 5.02 Å². The highest BCUT2D eigenvalue weighted by molar-refractivity contribution is 8.16. The normalized spacial score (nSPS) is 22.6. The highest BCUT2D eigenvalue weighted by Gasteiger charge is 2.47. The maximum Gasteiger partial charge on any atom is 0.0815 e. The lowest BCUT2D eigenvalue weighted by atomic mass is 9.84. The first-order valence-electron chi connectivity index (χ1n) is 6.64. The Morgan fingerprint density at radius 3 is 2.30 bits per heavy atom. The third-order valence-electron chi connectivity index (χ3n) is 3.61. The number of hydrogen-bond donors (Lipinski definition) is 0. The minimum atomic E-state index is 0.0332. The molecule has 0 N–H and O–H groups in total. The number of halogens is 1. The van der Waals surface area contributed by atoms with Gasteiger partial charge in [0.1, 0.15) is 0 Å². The van der Waals surface area contributed by atoms with E-state index in [9.17, 15) is 0 Å². The summed E-state index contributed by atoms with van der Waals surface area (Å²) in [7, 11) is 0. The third kappa shape index (κ3) is 2.38. The molecule has 0 saturated carbocycles. The Morgan fingerprint density at radius 2 is 1.65 bits per heavy atom. The second kappa shape index (κ2) is 5.27. The van der Waals surface area contributed by atoms with Crippen molar-refractivity contribution in [2.75, 3.05) is 0 Å². The summed E-state index contributed by atoms with van der Waals surface area (Å²) in [6.07, 6.45) is 0. The Bertz CT molecular complexity index is 649. The van der Waals surface area contributed by atoms with E-state index in [1.807, 2.05) is 60.3 Å². The number of nitrogens with zero attached hydrogens (tertiary/aromatic N) is 1. The van der Waals surface area contributed by atoms with Crippen LogP contribution in [0.5, 0.6) is 0 Å². The van der Waals surface area contributed by atoms with Gasteiger partial charge in [-0.15, -0.1) is 11.8 Å². The molecule has 1 heterocycles. The number of rotatable bonds is 2. The zero-order valence-electron chi connectivity index (χ0n) is 11.5. The van der Waals surface area contributed by atoms with Crippen LogP contribution in [-0.2, 0) is 0 Å². The van der Waals surface area contributed by atoms with Crippen molar-refractivity contribution in [2.24, 2.45) is 10.4 Å². The first-order chi connectivity index (χ1) is 9.59. The highest BCUT2D eigenvalue weighted by Crippen LogP contribution is 2.59. The fourth-order valence-electron chi connectivity index (χ4n) is 2.40. The van der Waals surface area contributed by atoms with Crippen molar-refractivity contribution in [3.05, 3.63) is 65.2 Å². The van der Waals surface area contributed by atoms with Crippen molar-refractivity contribution in [3.63, 3.8) is 0 Å². The molecule has 0 radical (unpaired) electrons. The van der Waals surface area contributed by atoms with Crippen LogP contribution in [0.15, 0.2) is 59.6 Å². The SMILES string of the molecule is CC1(C)C(=Nc2ccccc2)SC1c1ccccc1Cl. The van der Waals surface area contributed by atoms with Gasteiger partial charge in [-0.25, -0.2) is 4.99 Å². The van der Waals surface area contributed by atoms with Gasteiger partial charge in [-0.2, -0.15) is 0 Å². The van der Waals surface area contributed by atoms with Crippen LogP contribution in [0.25, 0.3) is 0 Å². The van der Waals surface area contributed by atoms with Gasteiger partial charge in [0.25, 0.3) is 0 Å². The van der Waals surface area contributed by atoms with Crippen LogP contribution >= 0.6 is 23.4 Å². The van der Waals surface area contributed by atoms with Crippen LogP contribution in [0.1, 0.15) is 24.7 Å². The molecule has 1 saturated heterocycles. The van der Waals surface area contributed by atoms with Gasteiger partial charge in [0.05, 0.1) is 10.7 Å². The minimum Gasteiger partial charge on any atom is -0.246 e. The van der Waals surface area contributed by atoms with Gasteiger partial charge >= 0.3 is 0 Å². The van der Waals surface area contributed by atoms with Crippen LogP contribution in [0, 0.1) is 5.41 Å². The summed E-state index contributed by atoms with van der Waals surface area (Å²) in [6.45, 7) is 4.47. The van der Waals surface area contributed by atoms with E-state index >= 15 is 0 Å². The smallest absolute Gasteiger partial charge is 0.0815 e. The molecule has 2 aromatic carbocycles. The van der Waals surface area contributed by atoms with Crippen molar-refractivity contribution in [2.45, 2.75) is 19.1 Å². The predicted octanol–water partition coefficient (Wildman–Crippen LogP) is 5.88. The van der Waals surface area contributed by atoms with Gasteiger partial charge < -0.3 is 0 Å².